The van der Waals surface area contributed by atoms with Gasteiger partial charge in [-0.05, 0) is 47.3 Å². The van der Waals surface area contributed by atoms with Crippen molar-refractivity contribution in [1.82, 2.24) is 4.98 Å². The van der Waals surface area contributed by atoms with Gasteiger partial charge in [-0.3, -0.25) is 4.98 Å². The molecule has 0 aromatic carbocycles. The number of hydrogen-bond acceptors (Lipinski definition) is 1. The number of rotatable bonds is 1. The number of hydrogen-bond donors (Lipinski definition) is 0. The second-order valence-corrected chi connectivity index (χ2v) is 6.02. The smallest absolute Gasteiger partial charge is 0.0664 e. The van der Waals surface area contributed by atoms with Crippen LogP contribution in [0.5, 0.6) is 0 Å². The lowest BCUT2D eigenvalue weighted by molar-refractivity contribution is -0.0695. The highest BCUT2D eigenvalue weighted by molar-refractivity contribution is 5.71. The molecule has 84 valence electrons. The van der Waals surface area contributed by atoms with Gasteiger partial charge in [0.1, 0.15) is 0 Å². The molecule has 1 fully saturated rings. The second kappa shape index (κ2) is 2.97. The minimum absolute atomic E-state index is 0.338. The van der Waals surface area contributed by atoms with Crippen molar-refractivity contribution in [3.05, 3.63) is 36.2 Å². The normalized spacial score (nSPS) is 35.2. The lowest BCUT2D eigenvalue weighted by Crippen LogP contribution is -2.55. The summed E-state index contributed by atoms with van der Waals surface area (Å²) < 4.78 is 0. The zero-order valence-electron chi connectivity index (χ0n) is 10.3. The molecule has 0 radical (unpaired) electrons. The third-order valence-electron chi connectivity index (χ3n) is 5.24. The third-order valence-corrected chi connectivity index (χ3v) is 5.24. The summed E-state index contributed by atoms with van der Waals surface area (Å²) in [7, 11) is 0. The van der Waals surface area contributed by atoms with Crippen LogP contribution >= 0.6 is 0 Å². The summed E-state index contributed by atoms with van der Waals surface area (Å²) in [5.74, 6) is 0.880. The van der Waals surface area contributed by atoms with Gasteiger partial charge in [-0.1, -0.05) is 32.9 Å². The first-order chi connectivity index (χ1) is 7.56. The van der Waals surface area contributed by atoms with E-state index >= 15 is 0 Å². The predicted molar refractivity (Wildman–Crippen MR) is 66.8 cm³/mol. The first-order valence-corrected chi connectivity index (χ1v) is 6.18. The first-order valence-electron chi connectivity index (χ1n) is 6.18. The van der Waals surface area contributed by atoms with Crippen LogP contribution in [0.4, 0.5) is 0 Å². The van der Waals surface area contributed by atoms with Crippen molar-refractivity contribution in [1.29, 1.82) is 0 Å². The van der Waals surface area contributed by atoms with Crippen LogP contribution in [0, 0.1) is 16.7 Å². The molecule has 1 heteroatoms. The molecule has 0 aliphatic heterocycles. The van der Waals surface area contributed by atoms with E-state index in [0.717, 1.165) is 5.92 Å². The maximum Gasteiger partial charge on any atom is 0.0664 e. The molecule has 1 aromatic heterocycles. The lowest BCUT2D eigenvalue weighted by Gasteiger charge is -2.64. The average Bonchev–Trinajstić information content (AvgIpc) is 2.30. The number of fused-ring (bicyclic) bond motifs is 1. The fourth-order valence-electron chi connectivity index (χ4n) is 3.56. The monoisotopic (exact) mass is 213 g/mol. The summed E-state index contributed by atoms with van der Waals surface area (Å²) in [5, 5.41) is 0. The van der Waals surface area contributed by atoms with Crippen molar-refractivity contribution in [3.63, 3.8) is 0 Å². The Hall–Kier alpha value is -1.11. The molecule has 3 aliphatic rings. The largest absolute Gasteiger partial charge is 0.257 e. The maximum atomic E-state index is 4.52. The Morgan fingerprint density at radius 3 is 2.69 bits per heavy atom. The molecule has 0 N–H and O–H groups in total. The first kappa shape index (κ1) is 10.1. The molecule has 1 nitrogen and oxygen atoms in total. The van der Waals surface area contributed by atoms with Gasteiger partial charge in [0.05, 0.1) is 5.69 Å². The maximum absolute atomic E-state index is 4.52. The number of nitrogens with zero attached hydrogens (tertiary/aromatic N) is 1. The molecule has 0 unspecified atom stereocenters. The van der Waals surface area contributed by atoms with Crippen LogP contribution in [-0.4, -0.2) is 4.98 Å². The number of allylic oxidation sites excluding steroid dienone is 2. The van der Waals surface area contributed by atoms with Gasteiger partial charge < -0.3 is 0 Å². The van der Waals surface area contributed by atoms with Crippen LogP contribution in [0.25, 0.3) is 5.57 Å². The molecule has 16 heavy (non-hydrogen) atoms. The molecular weight excluding hydrogens is 194 g/mol. The van der Waals surface area contributed by atoms with Gasteiger partial charge in [-0.2, -0.15) is 0 Å². The highest BCUT2D eigenvalue weighted by atomic mass is 14.7. The molecule has 0 spiro atoms. The molecule has 2 atom stereocenters. The van der Waals surface area contributed by atoms with Gasteiger partial charge in [-0.15, -0.1) is 0 Å². The standard InChI is InChI=1S/C15H19N/c1-14(2)11-7-8-12(15(14,3)10-11)13-6-4-5-9-16-13/h4-6,8-9,11H,7,10H2,1-3H3/t11-,15+/m1/s1. The molecule has 1 aromatic rings. The summed E-state index contributed by atoms with van der Waals surface area (Å²) in [4.78, 5) is 4.52. The summed E-state index contributed by atoms with van der Waals surface area (Å²) in [6.45, 7) is 7.23. The second-order valence-electron chi connectivity index (χ2n) is 6.02. The Kier molecular flexibility index (Phi) is 1.87. The Morgan fingerprint density at radius 2 is 2.06 bits per heavy atom. The molecule has 3 aliphatic carbocycles. The van der Waals surface area contributed by atoms with Crippen LogP contribution in [0.1, 0.15) is 39.3 Å². The number of aromatic nitrogens is 1. The van der Waals surface area contributed by atoms with E-state index in [9.17, 15) is 0 Å². The molecule has 1 saturated carbocycles. The van der Waals surface area contributed by atoms with E-state index in [2.05, 4.69) is 44.0 Å². The zero-order valence-corrected chi connectivity index (χ0v) is 10.3. The zero-order chi connectivity index (χ0) is 11.4. The molecular formula is C15H19N. The molecule has 1 heterocycles. The van der Waals surface area contributed by atoms with Crippen molar-refractivity contribution in [2.75, 3.05) is 0 Å². The lowest BCUT2D eigenvalue weighted by atomic mass is 9.40. The van der Waals surface area contributed by atoms with Crippen molar-refractivity contribution < 1.29 is 0 Å². The van der Waals surface area contributed by atoms with E-state index in [0.29, 0.717) is 10.8 Å². The van der Waals surface area contributed by atoms with Crippen molar-refractivity contribution >= 4 is 5.57 Å². The Labute approximate surface area is 97.6 Å². The highest BCUT2D eigenvalue weighted by Gasteiger charge is 2.60. The minimum atomic E-state index is 0.338. The van der Waals surface area contributed by atoms with E-state index in [4.69, 9.17) is 0 Å². The number of pyridine rings is 1. The average molecular weight is 213 g/mol. The van der Waals surface area contributed by atoms with Gasteiger partial charge in [0, 0.05) is 6.20 Å². The Balaban J connectivity index is 2.07. The van der Waals surface area contributed by atoms with Crippen LogP contribution < -0.4 is 0 Å². The van der Waals surface area contributed by atoms with E-state index in [1.807, 2.05) is 12.3 Å². The van der Waals surface area contributed by atoms with Crippen molar-refractivity contribution in [3.8, 4) is 0 Å². The van der Waals surface area contributed by atoms with Gasteiger partial charge in [0.15, 0.2) is 0 Å². The minimum Gasteiger partial charge on any atom is -0.257 e. The van der Waals surface area contributed by atoms with Gasteiger partial charge >= 0.3 is 0 Å². The van der Waals surface area contributed by atoms with Crippen molar-refractivity contribution in [2.45, 2.75) is 33.6 Å². The van der Waals surface area contributed by atoms with Crippen LogP contribution in [0.15, 0.2) is 30.5 Å². The quantitative estimate of drug-likeness (QED) is 0.689. The van der Waals surface area contributed by atoms with Crippen LogP contribution in [0.2, 0.25) is 0 Å². The fraction of sp³-hybridized carbons (Fsp3) is 0.533. The van der Waals surface area contributed by atoms with Gasteiger partial charge in [-0.25, -0.2) is 0 Å². The SMILES string of the molecule is CC1(C)[C@@H]2CC=C(c3ccccn3)[C@]1(C)C2. The Morgan fingerprint density at radius 1 is 1.25 bits per heavy atom. The van der Waals surface area contributed by atoms with Gasteiger partial charge in [0.2, 0.25) is 0 Å². The molecule has 4 rings (SSSR count). The molecule has 0 saturated heterocycles. The van der Waals surface area contributed by atoms with E-state index in [-0.39, 0.29) is 0 Å². The summed E-state index contributed by atoms with van der Waals surface area (Å²) >= 11 is 0. The summed E-state index contributed by atoms with van der Waals surface area (Å²) in [5.41, 5.74) is 3.43. The van der Waals surface area contributed by atoms with Gasteiger partial charge in [0.25, 0.3) is 0 Å². The topological polar surface area (TPSA) is 12.9 Å². The predicted octanol–water partition coefficient (Wildman–Crippen LogP) is 3.92. The summed E-state index contributed by atoms with van der Waals surface area (Å²) in [6.07, 6.45) is 6.88. The fourth-order valence-corrected chi connectivity index (χ4v) is 3.56. The van der Waals surface area contributed by atoms with Crippen LogP contribution in [-0.2, 0) is 0 Å². The molecule has 2 bridgehead atoms. The third kappa shape index (κ3) is 1.04. The summed E-state index contributed by atoms with van der Waals surface area (Å²) in [6, 6.07) is 6.22. The van der Waals surface area contributed by atoms with Crippen LogP contribution in [0.3, 0.4) is 0 Å². The highest BCUT2D eigenvalue weighted by Crippen LogP contribution is 2.69. The van der Waals surface area contributed by atoms with E-state index in [1.165, 1.54) is 24.1 Å². The van der Waals surface area contributed by atoms with E-state index < -0.39 is 0 Å². The molecule has 0 amide bonds. The van der Waals surface area contributed by atoms with E-state index in [1.54, 1.807) is 0 Å². The van der Waals surface area contributed by atoms with Crippen molar-refractivity contribution in [2.24, 2.45) is 16.7 Å². The Bertz CT molecular complexity index is 444.